The molecule has 0 aliphatic heterocycles. The summed E-state index contributed by atoms with van der Waals surface area (Å²) in [6, 6.07) is 6.02. The Hall–Kier alpha value is -0.280. The summed E-state index contributed by atoms with van der Waals surface area (Å²) in [7, 11) is 0. The van der Waals surface area contributed by atoms with Crippen LogP contribution < -0.4 is 5.32 Å². The van der Waals surface area contributed by atoms with E-state index in [2.05, 4.69) is 19.2 Å². The van der Waals surface area contributed by atoms with E-state index in [4.69, 9.17) is 27.9 Å². The summed E-state index contributed by atoms with van der Waals surface area (Å²) >= 11 is 12.5. The first-order chi connectivity index (χ1) is 10.1. The summed E-state index contributed by atoms with van der Waals surface area (Å²) in [4.78, 5) is 0. The highest BCUT2D eigenvalue weighted by Crippen LogP contribution is 2.38. The fourth-order valence-corrected chi connectivity index (χ4v) is 3.42. The largest absolute Gasteiger partial charge is 0.378 e. The maximum Gasteiger partial charge on any atom is 0.0580 e. The summed E-state index contributed by atoms with van der Waals surface area (Å²) in [6.45, 7) is 6.05. The number of benzene rings is 1. The molecule has 4 heteroatoms. The molecule has 0 heterocycles. The molecule has 21 heavy (non-hydrogen) atoms. The minimum Gasteiger partial charge on any atom is -0.378 e. The van der Waals surface area contributed by atoms with Gasteiger partial charge in [0.25, 0.3) is 0 Å². The van der Waals surface area contributed by atoms with Crippen molar-refractivity contribution in [3.63, 3.8) is 0 Å². The van der Waals surface area contributed by atoms with Crippen molar-refractivity contribution in [3.8, 4) is 0 Å². The molecule has 1 aliphatic rings. The third-order valence-corrected chi connectivity index (χ3v) is 4.72. The van der Waals surface area contributed by atoms with Crippen LogP contribution in [-0.2, 0) is 4.74 Å². The molecule has 1 atom stereocenters. The van der Waals surface area contributed by atoms with E-state index in [9.17, 15) is 0 Å². The minimum absolute atomic E-state index is 0.281. The summed E-state index contributed by atoms with van der Waals surface area (Å²) in [5.74, 6) is 0.714. The second-order valence-electron chi connectivity index (χ2n) is 5.82. The lowest BCUT2D eigenvalue weighted by Gasteiger charge is -2.37. The number of halogens is 2. The Morgan fingerprint density at radius 3 is 2.71 bits per heavy atom. The molecule has 0 aromatic heterocycles. The monoisotopic (exact) mass is 329 g/mol. The van der Waals surface area contributed by atoms with Gasteiger partial charge in [0.1, 0.15) is 0 Å². The third-order valence-electron chi connectivity index (χ3n) is 4.14. The van der Waals surface area contributed by atoms with Gasteiger partial charge in [0.05, 0.1) is 6.10 Å². The van der Waals surface area contributed by atoms with Crippen LogP contribution in [0.4, 0.5) is 0 Å². The number of nitrogens with one attached hydrogen (secondary N) is 1. The summed E-state index contributed by atoms with van der Waals surface area (Å²) in [6.07, 6.45) is 5.00. The molecule has 1 aromatic rings. The van der Waals surface area contributed by atoms with Gasteiger partial charge >= 0.3 is 0 Å². The smallest absolute Gasteiger partial charge is 0.0580 e. The van der Waals surface area contributed by atoms with Gasteiger partial charge in [-0.15, -0.1) is 0 Å². The minimum atomic E-state index is 0.281. The van der Waals surface area contributed by atoms with E-state index < -0.39 is 0 Å². The molecule has 118 valence electrons. The first-order valence-electron chi connectivity index (χ1n) is 7.93. The predicted octanol–water partition coefficient (Wildman–Crippen LogP) is 5.24. The van der Waals surface area contributed by atoms with Crippen molar-refractivity contribution < 1.29 is 4.74 Å². The molecule has 0 spiro atoms. The fourth-order valence-electron chi connectivity index (χ4n) is 2.99. The van der Waals surface area contributed by atoms with Crippen molar-refractivity contribution in [2.75, 3.05) is 13.2 Å². The van der Waals surface area contributed by atoms with Crippen LogP contribution in [0.3, 0.4) is 0 Å². The number of hydrogen-bond donors (Lipinski definition) is 1. The maximum absolute atomic E-state index is 6.37. The molecule has 2 rings (SSSR count). The Bertz CT molecular complexity index is 446. The second kappa shape index (κ2) is 8.38. The van der Waals surface area contributed by atoms with E-state index in [0.717, 1.165) is 54.4 Å². The van der Waals surface area contributed by atoms with Gasteiger partial charge in [-0.05, 0) is 68.8 Å². The van der Waals surface area contributed by atoms with Gasteiger partial charge in [-0.25, -0.2) is 0 Å². The van der Waals surface area contributed by atoms with Gasteiger partial charge in [-0.3, -0.25) is 0 Å². The first-order valence-corrected chi connectivity index (χ1v) is 8.69. The third kappa shape index (κ3) is 4.85. The molecule has 1 aromatic carbocycles. The zero-order chi connectivity index (χ0) is 15.2. The molecule has 0 amide bonds. The molecule has 1 saturated carbocycles. The average Bonchev–Trinajstić information content (AvgIpc) is 2.43. The molecular weight excluding hydrogens is 305 g/mol. The van der Waals surface area contributed by atoms with Gasteiger partial charge in [0.15, 0.2) is 0 Å². The Morgan fingerprint density at radius 1 is 1.29 bits per heavy atom. The fraction of sp³-hybridized carbons (Fsp3) is 0.647. The van der Waals surface area contributed by atoms with Gasteiger partial charge in [-0.2, -0.15) is 0 Å². The Morgan fingerprint density at radius 2 is 2.05 bits per heavy atom. The summed E-state index contributed by atoms with van der Waals surface area (Å²) in [5.41, 5.74) is 1.12. The summed E-state index contributed by atoms with van der Waals surface area (Å²) < 4.78 is 5.65. The average molecular weight is 330 g/mol. The first kappa shape index (κ1) is 17.1. The highest BCUT2D eigenvalue weighted by molar-refractivity contribution is 6.33. The number of hydrogen-bond acceptors (Lipinski definition) is 2. The van der Waals surface area contributed by atoms with Gasteiger partial charge in [0.2, 0.25) is 0 Å². The van der Waals surface area contributed by atoms with Crippen LogP contribution in [0.1, 0.15) is 51.1 Å². The zero-order valence-electron chi connectivity index (χ0n) is 12.9. The van der Waals surface area contributed by atoms with Crippen molar-refractivity contribution >= 4 is 23.2 Å². The molecule has 1 aliphatic carbocycles. The zero-order valence-corrected chi connectivity index (χ0v) is 14.4. The van der Waals surface area contributed by atoms with Crippen LogP contribution in [0, 0.1) is 5.92 Å². The van der Waals surface area contributed by atoms with Crippen LogP contribution in [-0.4, -0.2) is 19.3 Å². The second-order valence-corrected chi connectivity index (χ2v) is 6.67. The number of rotatable bonds is 8. The quantitative estimate of drug-likeness (QED) is 0.704. The van der Waals surface area contributed by atoms with E-state index >= 15 is 0 Å². The van der Waals surface area contributed by atoms with E-state index in [1.165, 1.54) is 0 Å². The van der Waals surface area contributed by atoms with E-state index in [1.807, 2.05) is 18.2 Å². The van der Waals surface area contributed by atoms with Crippen molar-refractivity contribution in [2.24, 2.45) is 5.92 Å². The van der Waals surface area contributed by atoms with E-state index in [-0.39, 0.29) is 6.04 Å². The molecule has 1 fully saturated rings. The molecule has 1 N–H and O–H groups in total. The maximum atomic E-state index is 6.37. The van der Waals surface area contributed by atoms with Crippen LogP contribution in [0.15, 0.2) is 18.2 Å². The lowest BCUT2D eigenvalue weighted by Crippen LogP contribution is -2.35. The lowest BCUT2D eigenvalue weighted by atomic mass is 9.77. The van der Waals surface area contributed by atoms with E-state index in [1.54, 1.807) is 0 Å². The highest BCUT2D eigenvalue weighted by Gasteiger charge is 2.32. The topological polar surface area (TPSA) is 21.3 Å². The molecule has 0 bridgehead atoms. The van der Waals surface area contributed by atoms with Gasteiger partial charge in [0, 0.05) is 22.7 Å². The Balaban J connectivity index is 1.99. The van der Waals surface area contributed by atoms with Crippen molar-refractivity contribution in [2.45, 2.75) is 51.7 Å². The van der Waals surface area contributed by atoms with Crippen LogP contribution in [0.25, 0.3) is 0 Å². The lowest BCUT2D eigenvalue weighted by molar-refractivity contribution is -0.0291. The Kier molecular flexibility index (Phi) is 6.81. The van der Waals surface area contributed by atoms with E-state index in [0.29, 0.717) is 12.0 Å². The Labute approximate surface area is 138 Å². The molecule has 2 nitrogen and oxygen atoms in total. The number of ether oxygens (including phenoxy) is 1. The molecular formula is C17H25Cl2NO. The molecule has 0 radical (unpaired) electrons. The van der Waals surface area contributed by atoms with Crippen LogP contribution in [0.2, 0.25) is 10.0 Å². The van der Waals surface area contributed by atoms with Crippen molar-refractivity contribution in [1.82, 2.24) is 5.32 Å². The summed E-state index contributed by atoms with van der Waals surface area (Å²) in [5, 5.41) is 5.16. The SMILES string of the molecule is CCCNC(CC1CC(OCC)C1)c1cc(Cl)ccc1Cl. The van der Waals surface area contributed by atoms with Crippen molar-refractivity contribution in [1.29, 1.82) is 0 Å². The standard InChI is InChI=1S/C17H25Cl2NO/c1-3-7-20-17(10-12-8-14(9-12)21-4-2)15-11-13(18)5-6-16(15)19/h5-6,11-12,14,17,20H,3-4,7-10H2,1-2H3. The molecule has 1 unspecified atom stereocenters. The predicted molar refractivity (Wildman–Crippen MR) is 90.3 cm³/mol. The highest BCUT2D eigenvalue weighted by atomic mass is 35.5. The van der Waals surface area contributed by atoms with Gasteiger partial charge in [-0.1, -0.05) is 30.1 Å². The normalized spacial score (nSPS) is 22.9. The van der Waals surface area contributed by atoms with Crippen LogP contribution >= 0.6 is 23.2 Å². The van der Waals surface area contributed by atoms with Crippen LogP contribution in [0.5, 0.6) is 0 Å². The molecule has 0 saturated heterocycles. The van der Waals surface area contributed by atoms with Crippen molar-refractivity contribution in [3.05, 3.63) is 33.8 Å². The van der Waals surface area contributed by atoms with Gasteiger partial charge < -0.3 is 10.1 Å².